The Labute approximate surface area is 194 Å². The van der Waals surface area contributed by atoms with E-state index in [1.165, 1.54) is 6.07 Å². The molecule has 0 amide bonds. The van der Waals surface area contributed by atoms with Crippen molar-refractivity contribution >= 4 is 44.6 Å². The van der Waals surface area contributed by atoms with E-state index in [1.807, 2.05) is 68.0 Å². The number of anilines is 1. The first-order chi connectivity index (χ1) is 16.3. The Kier molecular flexibility index (Phi) is 4.97. The number of benzene rings is 3. The highest BCUT2D eigenvalue weighted by Crippen LogP contribution is 2.39. The Bertz CT molecular complexity index is 1760. The summed E-state index contributed by atoms with van der Waals surface area (Å²) >= 11 is 0. The smallest absolute Gasteiger partial charge is 0.348 e. The third kappa shape index (κ3) is 3.33. The molecule has 0 bridgehead atoms. The van der Waals surface area contributed by atoms with Crippen molar-refractivity contribution in [3.05, 3.63) is 82.0 Å². The highest BCUT2D eigenvalue weighted by atomic mass is 16.4. The van der Waals surface area contributed by atoms with Gasteiger partial charge in [-0.15, -0.1) is 0 Å². The number of hydrogen-bond donors (Lipinski definition) is 1. The Balaban J connectivity index is 2.05. The van der Waals surface area contributed by atoms with Crippen LogP contribution in [0.4, 0.5) is 5.69 Å². The van der Waals surface area contributed by atoms with Crippen LogP contribution < -0.4 is 20.5 Å². The quantitative estimate of drug-likeness (QED) is 0.190. The van der Waals surface area contributed by atoms with Crippen LogP contribution in [0.5, 0.6) is 0 Å². The first kappa shape index (κ1) is 21.5. The van der Waals surface area contributed by atoms with Crippen LogP contribution >= 0.6 is 0 Å². The van der Waals surface area contributed by atoms with E-state index in [0.29, 0.717) is 38.6 Å². The number of carboxylic acids is 1. The maximum absolute atomic E-state index is 13.4. The largest absolute Gasteiger partial charge is 0.478 e. The van der Waals surface area contributed by atoms with Crippen molar-refractivity contribution in [1.29, 1.82) is 0 Å². The Morgan fingerprint density at radius 3 is 2.32 bits per heavy atom. The van der Waals surface area contributed by atoms with Gasteiger partial charge in [-0.25, -0.2) is 14.2 Å². The molecule has 1 N–H and O–H groups in total. The number of carbonyl (C=O) groups is 1. The van der Waals surface area contributed by atoms with Crippen LogP contribution in [-0.2, 0) is 0 Å². The molecular formula is C27H23N2O5+. The van der Waals surface area contributed by atoms with Gasteiger partial charge in [-0.05, 0) is 29.8 Å². The van der Waals surface area contributed by atoms with E-state index in [9.17, 15) is 14.7 Å². The average Bonchev–Trinajstić information content (AvgIpc) is 2.82. The summed E-state index contributed by atoms with van der Waals surface area (Å²) in [5, 5.41) is 12.2. The summed E-state index contributed by atoms with van der Waals surface area (Å²) in [6.45, 7) is 0. The second kappa shape index (κ2) is 7.88. The number of rotatable bonds is 3. The Hall–Kier alpha value is -4.39. The number of hydrogen-bond acceptors (Lipinski definition) is 5. The molecule has 34 heavy (non-hydrogen) atoms. The second-order valence-corrected chi connectivity index (χ2v) is 8.57. The van der Waals surface area contributed by atoms with Crippen molar-refractivity contribution in [3.63, 3.8) is 0 Å². The summed E-state index contributed by atoms with van der Waals surface area (Å²) in [6, 6.07) is 17.8. The monoisotopic (exact) mass is 455 g/mol. The summed E-state index contributed by atoms with van der Waals surface area (Å²) in [7, 11) is 7.66. The maximum Gasteiger partial charge on any atom is 0.348 e. The highest BCUT2D eigenvalue weighted by Gasteiger charge is 2.23. The molecule has 2 heterocycles. The van der Waals surface area contributed by atoms with Crippen molar-refractivity contribution in [3.8, 4) is 11.1 Å². The fourth-order valence-corrected chi connectivity index (χ4v) is 4.25. The molecule has 0 radical (unpaired) electrons. The minimum absolute atomic E-state index is 0.0930. The number of carboxylic acid groups (broad SMARTS) is 1. The van der Waals surface area contributed by atoms with Gasteiger partial charge in [0.25, 0.3) is 0 Å². The van der Waals surface area contributed by atoms with E-state index >= 15 is 0 Å². The predicted molar refractivity (Wildman–Crippen MR) is 134 cm³/mol. The number of fused-ring (bicyclic) bond motifs is 4. The first-order valence-corrected chi connectivity index (χ1v) is 10.7. The molecular weight excluding hydrogens is 432 g/mol. The SMILES string of the molecule is CN(C)c1ccc2c(-c3ccccc3C(=O)O)c3c(=O)oc4cc(=[N+](C)C)ccc4c3oc2c1. The Morgan fingerprint density at radius 2 is 1.62 bits per heavy atom. The van der Waals surface area contributed by atoms with E-state index in [-0.39, 0.29) is 10.9 Å². The van der Waals surface area contributed by atoms with Crippen LogP contribution in [0.15, 0.2) is 74.3 Å². The summed E-state index contributed by atoms with van der Waals surface area (Å²) in [4.78, 5) is 27.4. The highest BCUT2D eigenvalue weighted by molar-refractivity contribution is 6.16. The molecule has 2 aromatic heterocycles. The first-order valence-electron chi connectivity index (χ1n) is 10.7. The van der Waals surface area contributed by atoms with Gasteiger partial charge in [0, 0.05) is 42.9 Å². The molecule has 0 aliphatic heterocycles. The van der Waals surface area contributed by atoms with Gasteiger partial charge in [-0.2, -0.15) is 0 Å². The zero-order valence-corrected chi connectivity index (χ0v) is 19.2. The summed E-state index contributed by atoms with van der Waals surface area (Å²) in [6.07, 6.45) is 0. The lowest BCUT2D eigenvalue weighted by atomic mass is 9.93. The van der Waals surface area contributed by atoms with Gasteiger partial charge in [0.15, 0.2) is 5.58 Å². The van der Waals surface area contributed by atoms with Crippen LogP contribution in [0, 0.1) is 0 Å². The Morgan fingerprint density at radius 1 is 0.912 bits per heavy atom. The molecule has 0 saturated heterocycles. The van der Waals surface area contributed by atoms with Crippen molar-refractivity contribution in [1.82, 2.24) is 4.58 Å². The minimum Gasteiger partial charge on any atom is -0.478 e. The molecule has 0 fully saturated rings. The van der Waals surface area contributed by atoms with Crippen LogP contribution in [0.2, 0.25) is 0 Å². The summed E-state index contributed by atoms with van der Waals surface area (Å²) in [5.74, 6) is -1.08. The summed E-state index contributed by atoms with van der Waals surface area (Å²) in [5.41, 5.74) is 2.61. The van der Waals surface area contributed by atoms with Crippen molar-refractivity contribution in [2.75, 3.05) is 33.1 Å². The predicted octanol–water partition coefficient (Wildman–Crippen LogP) is 4.16. The van der Waals surface area contributed by atoms with Gasteiger partial charge in [0.1, 0.15) is 30.6 Å². The number of aromatic carboxylic acids is 1. The van der Waals surface area contributed by atoms with E-state index in [0.717, 1.165) is 11.0 Å². The van der Waals surface area contributed by atoms with Crippen LogP contribution in [-0.4, -0.2) is 39.3 Å². The maximum atomic E-state index is 13.4. The fraction of sp³-hybridized carbons (Fsp3) is 0.148. The van der Waals surface area contributed by atoms with Crippen molar-refractivity contribution in [2.24, 2.45) is 0 Å². The van der Waals surface area contributed by atoms with E-state index in [1.54, 1.807) is 24.3 Å². The van der Waals surface area contributed by atoms with Gasteiger partial charge in [-0.1, -0.05) is 18.2 Å². The normalized spacial score (nSPS) is 11.3. The van der Waals surface area contributed by atoms with Gasteiger partial charge in [-0.3, -0.25) is 0 Å². The molecule has 7 nitrogen and oxygen atoms in total. The van der Waals surface area contributed by atoms with Gasteiger partial charge >= 0.3 is 11.6 Å². The fourth-order valence-electron chi connectivity index (χ4n) is 4.25. The topological polar surface area (TPSA) is 86.9 Å². The molecule has 5 aromatic rings. The van der Waals surface area contributed by atoms with E-state index < -0.39 is 11.6 Å². The van der Waals surface area contributed by atoms with E-state index in [4.69, 9.17) is 8.83 Å². The average molecular weight is 455 g/mol. The molecule has 0 atom stereocenters. The molecule has 3 aromatic carbocycles. The lowest BCUT2D eigenvalue weighted by Gasteiger charge is -2.16. The minimum atomic E-state index is -1.08. The van der Waals surface area contributed by atoms with Crippen LogP contribution in [0.3, 0.4) is 0 Å². The molecule has 0 unspecified atom stereocenters. The molecule has 5 rings (SSSR count). The number of nitrogens with zero attached hydrogens (tertiary/aromatic N) is 2. The van der Waals surface area contributed by atoms with Crippen LogP contribution in [0.1, 0.15) is 10.4 Å². The molecule has 0 saturated carbocycles. The van der Waals surface area contributed by atoms with Gasteiger partial charge in [0.05, 0.1) is 17.0 Å². The van der Waals surface area contributed by atoms with Gasteiger partial charge < -0.3 is 18.8 Å². The molecule has 0 aliphatic carbocycles. The molecule has 170 valence electrons. The van der Waals surface area contributed by atoms with Gasteiger partial charge in [0.2, 0.25) is 5.36 Å². The van der Waals surface area contributed by atoms with Crippen molar-refractivity contribution in [2.45, 2.75) is 0 Å². The standard InChI is InChI=1S/C27H22N2O5/c1-28(2)15-9-11-19-21(13-15)33-25-20-12-10-16(29(3)4)14-22(20)34-27(32)24(25)23(19)17-7-5-6-8-18(17)26(30)31/h5-14H,1-4H3/p+1. The lowest BCUT2D eigenvalue weighted by molar-refractivity contribution is 0.0697. The lowest BCUT2D eigenvalue weighted by Crippen LogP contribution is -2.20. The molecule has 0 spiro atoms. The third-order valence-electron chi connectivity index (χ3n) is 6.00. The molecule has 7 heteroatoms. The molecule has 0 aliphatic rings. The van der Waals surface area contributed by atoms with E-state index in [2.05, 4.69) is 0 Å². The summed E-state index contributed by atoms with van der Waals surface area (Å²) < 4.78 is 14.0. The zero-order valence-electron chi connectivity index (χ0n) is 19.2. The second-order valence-electron chi connectivity index (χ2n) is 8.57. The van der Waals surface area contributed by atoms with Crippen LogP contribution in [0.25, 0.3) is 44.0 Å². The van der Waals surface area contributed by atoms with Crippen molar-refractivity contribution < 1.29 is 18.7 Å². The third-order valence-corrected chi connectivity index (χ3v) is 6.00. The zero-order chi connectivity index (χ0) is 24.1.